The van der Waals surface area contributed by atoms with Gasteiger partial charge < -0.3 is 9.80 Å². The molecule has 58 heavy (non-hydrogen) atoms. The number of pyridine rings is 1. The summed E-state index contributed by atoms with van der Waals surface area (Å²) < 4.78 is 12.6. The second kappa shape index (κ2) is 15.1. The fourth-order valence-electron chi connectivity index (χ4n) is 8.13. The Morgan fingerprint density at radius 1 is 0.603 bits per heavy atom. The summed E-state index contributed by atoms with van der Waals surface area (Å²) in [7, 11) is 0. The van der Waals surface area contributed by atoms with E-state index in [0.29, 0.717) is 11.5 Å². The topological polar surface area (TPSA) is 33.5 Å². The van der Waals surface area contributed by atoms with Crippen LogP contribution in [0.3, 0.4) is 0 Å². The Bertz CT molecular complexity index is 3060. The fraction of sp³-hybridized carbons (Fsp3) is 0.0196. The van der Waals surface area contributed by atoms with Gasteiger partial charge in [0, 0.05) is 49.3 Å². The zero-order chi connectivity index (χ0) is 37.9. The van der Waals surface area contributed by atoms with Gasteiger partial charge in [0.1, 0.15) is 0 Å². The standard InChI is InChI=1S/C51H33N4OTe.Pt/c1-34-30-49(52-44-28-29-57-51(34)44)55-45-23-9-8-20-42(45)43-27-26-39(32-48(43)55)56-38-19-12-18-37(31-38)53-33-54(47-25-11-10-24-46(47)53)50-40(35-14-4-2-5-15-35)21-13-22-41(50)36-16-6-3-7-17-36;/h2-30,33H,1H3;/q-3;. The predicted molar refractivity (Wildman–Crippen MR) is 234 cm³/mol. The van der Waals surface area contributed by atoms with E-state index >= 15 is 0 Å². The van der Waals surface area contributed by atoms with Gasteiger partial charge in [-0.1, -0.05) is 91.0 Å². The van der Waals surface area contributed by atoms with Gasteiger partial charge in [0.15, 0.2) is 0 Å². The van der Waals surface area contributed by atoms with E-state index in [1.807, 2.05) is 18.2 Å². The summed E-state index contributed by atoms with van der Waals surface area (Å²) in [5.41, 5.74) is 13.1. The van der Waals surface area contributed by atoms with Gasteiger partial charge in [-0.3, -0.25) is 0 Å². The average molecular weight is 1040 g/mol. The summed E-state index contributed by atoms with van der Waals surface area (Å²) in [5, 5.41) is 2.26. The molecule has 1 aliphatic heterocycles. The third kappa shape index (κ3) is 6.24. The van der Waals surface area contributed by atoms with Crippen LogP contribution in [0.1, 0.15) is 5.56 Å². The molecule has 0 spiro atoms. The van der Waals surface area contributed by atoms with E-state index in [4.69, 9.17) is 9.72 Å². The monoisotopic (exact) mass is 1040 g/mol. The van der Waals surface area contributed by atoms with Gasteiger partial charge in [-0.25, -0.2) is 0 Å². The SMILES string of the molecule is Cc1cc(-n2c3[c-]c(Oc4[c-]c(N5[CH-]N(c6c(-c7ccccc7)cccc6-c6ccccc6)c6ccccc65)ccc4)ccc3c3ccccc32)nc2cc[te]c12.[Pt]. The Kier molecular flexibility index (Phi) is 9.51. The number of aryl methyl sites for hydroxylation is 1. The van der Waals surface area contributed by atoms with Crippen LogP contribution in [-0.2, 0) is 21.1 Å². The van der Waals surface area contributed by atoms with Crippen molar-refractivity contribution in [1.82, 2.24) is 9.55 Å². The molecule has 11 rings (SSSR count). The van der Waals surface area contributed by atoms with E-state index < -0.39 is 0 Å². The second-order valence-corrected chi connectivity index (χ2v) is 16.8. The van der Waals surface area contributed by atoms with Gasteiger partial charge in [-0.15, -0.1) is 12.7 Å². The Balaban J connectivity index is 0.00000408. The molecule has 0 unspecified atom stereocenters. The third-order valence-electron chi connectivity index (χ3n) is 10.7. The first-order valence-corrected chi connectivity index (χ1v) is 21.5. The Labute approximate surface area is 361 Å². The van der Waals surface area contributed by atoms with Crippen molar-refractivity contribution in [2.45, 2.75) is 6.92 Å². The molecule has 0 fully saturated rings. The summed E-state index contributed by atoms with van der Waals surface area (Å²) in [6, 6.07) is 66.7. The van der Waals surface area contributed by atoms with Crippen molar-refractivity contribution < 1.29 is 25.8 Å². The quantitative estimate of drug-likeness (QED) is 0.118. The van der Waals surface area contributed by atoms with Crippen LogP contribution in [-0.4, -0.2) is 30.0 Å². The summed E-state index contributed by atoms with van der Waals surface area (Å²) >= 11 is -0.318. The van der Waals surface area contributed by atoms with E-state index in [0.717, 1.165) is 78.1 Å². The van der Waals surface area contributed by atoms with Gasteiger partial charge in [-0.05, 0) is 23.3 Å². The molecule has 1 aliphatic rings. The van der Waals surface area contributed by atoms with Crippen LogP contribution in [0.15, 0.2) is 174 Å². The summed E-state index contributed by atoms with van der Waals surface area (Å²) in [4.78, 5) is 9.66. The number of ether oxygens (including phenoxy) is 1. The van der Waals surface area contributed by atoms with E-state index in [9.17, 15) is 0 Å². The van der Waals surface area contributed by atoms with Crippen LogP contribution < -0.4 is 14.5 Å². The molecule has 4 heterocycles. The van der Waals surface area contributed by atoms with E-state index in [-0.39, 0.29) is 41.5 Å². The van der Waals surface area contributed by atoms with E-state index in [1.165, 1.54) is 8.97 Å². The number of fused-ring (bicyclic) bond motifs is 5. The Hall–Kier alpha value is -5.89. The molecule has 7 aromatic carbocycles. The van der Waals surface area contributed by atoms with Crippen molar-refractivity contribution in [2.75, 3.05) is 9.80 Å². The first kappa shape index (κ1) is 36.4. The predicted octanol–water partition coefficient (Wildman–Crippen LogP) is 12.8. The maximum absolute atomic E-state index is 6.62. The molecule has 10 aromatic rings. The number of anilines is 4. The normalized spacial score (nSPS) is 12.3. The zero-order valence-corrected chi connectivity index (χ0v) is 35.8. The molecule has 0 N–H and O–H groups in total. The molecule has 282 valence electrons. The minimum absolute atomic E-state index is 0. The number of hydrogen-bond acceptors (Lipinski definition) is 4. The van der Waals surface area contributed by atoms with Crippen molar-refractivity contribution in [2.24, 2.45) is 0 Å². The zero-order valence-electron chi connectivity index (χ0n) is 31.2. The molecule has 0 amide bonds. The van der Waals surface area contributed by atoms with Crippen LogP contribution in [0, 0.1) is 25.7 Å². The van der Waals surface area contributed by atoms with Crippen LogP contribution in [0.5, 0.6) is 11.5 Å². The van der Waals surface area contributed by atoms with Crippen LogP contribution >= 0.6 is 0 Å². The molecule has 0 saturated heterocycles. The number of para-hydroxylation sites is 4. The van der Waals surface area contributed by atoms with Crippen molar-refractivity contribution in [1.29, 1.82) is 0 Å². The minimum Gasteiger partial charge on any atom is 0 e. The number of nitrogens with zero attached hydrogens (tertiary/aromatic N) is 4. The van der Waals surface area contributed by atoms with Gasteiger partial charge in [0.05, 0.1) is 0 Å². The number of benzene rings is 7. The van der Waals surface area contributed by atoms with E-state index in [1.54, 1.807) is 0 Å². The molecule has 0 aliphatic carbocycles. The van der Waals surface area contributed by atoms with Gasteiger partial charge in [0.2, 0.25) is 0 Å². The molecule has 5 nitrogen and oxygen atoms in total. The molecular formula is C51H33N4OPtTe-3. The Morgan fingerprint density at radius 2 is 1.26 bits per heavy atom. The molecule has 0 atom stereocenters. The summed E-state index contributed by atoms with van der Waals surface area (Å²) in [6.07, 6.45) is 0. The molecular weight excluding hydrogens is 1010 g/mol. The van der Waals surface area contributed by atoms with Crippen molar-refractivity contribution in [3.63, 3.8) is 0 Å². The van der Waals surface area contributed by atoms with Crippen molar-refractivity contribution >= 4 is 73.9 Å². The number of rotatable bonds is 7. The van der Waals surface area contributed by atoms with Crippen LogP contribution in [0.25, 0.3) is 58.8 Å². The number of aromatic nitrogens is 2. The van der Waals surface area contributed by atoms with Gasteiger partial charge >= 0.3 is 178 Å². The van der Waals surface area contributed by atoms with Crippen molar-refractivity contribution in [3.05, 3.63) is 198 Å². The second-order valence-electron chi connectivity index (χ2n) is 14.2. The third-order valence-corrected chi connectivity index (χ3v) is 13.6. The summed E-state index contributed by atoms with van der Waals surface area (Å²) in [5.74, 6) is 2.11. The smallest absolute Gasteiger partial charge is 0 e. The first-order valence-electron chi connectivity index (χ1n) is 19.0. The van der Waals surface area contributed by atoms with Crippen LogP contribution in [0.2, 0.25) is 0 Å². The number of hydrogen-bond donors (Lipinski definition) is 0. The average Bonchev–Trinajstić information content (AvgIpc) is 3.99. The minimum atomic E-state index is -0.318. The largest absolute Gasteiger partial charge is 0 e. The molecule has 0 saturated carbocycles. The maximum Gasteiger partial charge on any atom is 0 e. The first-order chi connectivity index (χ1) is 28.2. The van der Waals surface area contributed by atoms with Gasteiger partial charge in [0.25, 0.3) is 0 Å². The van der Waals surface area contributed by atoms with Crippen LogP contribution in [0.4, 0.5) is 22.7 Å². The molecule has 0 radical (unpaired) electrons. The Morgan fingerprint density at radius 3 is 2.02 bits per heavy atom. The maximum atomic E-state index is 6.62. The van der Waals surface area contributed by atoms with Crippen molar-refractivity contribution in [3.8, 4) is 39.6 Å². The van der Waals surface area contributed by atoms with Gasteiger partial charge in [-0.2, -0.15) is 0 Å². The van der Waals surface area contributed by atoms with E-state index in [2.05, 4.69) is 196 Å². The molecule has 3 aromatic heterocycles. The molecule has 7 heteroatoms. The summed E-state index contributed by atoms with van der Waals surface area (Å²) in [6.45, 7) is 4.38. The fourth-order valence-corrected chi connectivity index (χ4v) is 10.4. The molecule has 0 bridgehead atoms.